The molecule has 4 heteroatoms. The van der Waals surface area contributed by atoms with E-state index in [1.165, 1.54) is 141 Å². The first-order valence-corrected chi connectivity index (χ1v) is 17.0. The molecule has 1 N–H and O–H groups in total. The molecule has 0 rings (SSSR count). The van der Waals surface area contributed by atoms with E-state index >= 15 is 0 Å². The maximum atomic E-state index is 12.9. The Labute approximate surface area is 239 Å². The molecule has 0 saturated heterocycles. The summed E-state index contributed by atoms with van der Waals surface area (Å²) in [5.74, 6) is 0.0812. The summed E-state index contributed by atoms with van der Waals surface area (Å²) < 4.78 is 5.71. The zero-order valence-electron chi connectivity index (χ0n) is 26.5. The minimum absolute atomic E-state index is 0.0717. The molecule has 0 radical (unpaired) electrons. The summed E-state index contributed by atoms with van der Waals surface area (Å²) in [5, 5.41) is 9.45. The minimum atomic E-state index is -0.659. The molecule has 0 aliphatic rings. The Morgan fingerprint density at radius 3 is 1.13 bits per heavy atom. The summed E-state index contributed by atoms with van der Waals surface area (Å²) in [5.41, 5.74) is -0.659. The van der Waals surface area contributed by atoms with Gasteiger partial charge < -0.3 is 14.7 Å². The van der Waals surface area contributed by atoms with Crippen molar-refractivity contribution < 1.29 is 14.6 Å². The quantitative estimate of drug-likeness (QED) is 0.0924. The third-order valence-corrected chi connectivity index (χ3v) is 7.88. The second-order valence-corrected chi connectivity index (χ2v) is 12.4. The van der Waals surface area contributed by atoms with Crippen LogP contribution in [0.3, 0.4) is 0 Å². The zero-order chi connectivity index (χ0) is 28.2. The Kier molecular flexibility index (Phi) is 27.5. The average Bonchev–Trinajstić information content (AvgIpc) is 2.91. The van der Waals surface area contributed by atoms with Crippen LogP contribution in [-0.4, -0.2) is 47.8 Å². The Bertz CT molecular complexity index is 466. The van der Waals surface area contributed by atoms with Gasteiger partial charge in [0.05, 0.1) is 12.2 Å². The lowest BCUT2D eigenvalue weighted by atomic mass is 10.0. The topological polar surface area (TPSA) is 49.8 Å². The Morgan fingerprint density at radius 2 is 0.842 bits per heavy atom. The van der Waals surface area contributed by atoms with Gasteiger partial charge in [-0.3, -0.25) is 4.79 Å². The largest absolute Gasteiger partial charge is 0.393 e. The molecule has 4 nitrogen and oxygen atoms in total. The number of aliphatic hydroxyl groups excluding tert-OH is 1. The van der Waals surface area contributed by atoms with Crippen molar-refractivity contribution in [3.8, 4) is 0 Å². The molecule has 0 aromatic heterocycles. The second kappa shape index (κ2) is 27.9. The number of amides is 1. The summed E-state index contributed by atoms with van der Waals surface area (Å²) in [6, 6.07) is 0. The predicted octanol–water partition coefficient (Wildman–Crippen LogP) is 10.0. The first-order chi connectivity index (χ1) is 18.5. The van der Waals surface area contributed by atoms with Crippen LogP contribution in [0, 0.1) is 0 Å². The van der Waals surface area contributed by atoms with Gasteiger partial charge >= 0.3 is 0 Å². The molecular formula is C34H69NO3. The van der Waals surface area contributed by atoms with Gasteiger partial charge in [-0.15, -0.1) is 0 Å². The number of carbonyl (C=O) groups excluding carboxylic acids is 1. The van der Waals surface area contributed by atoms with Crippen LogP contribution < -0.4 is 0 Å². The number of hydrogen-bond donors (Lipinski definition) is 1. The fourth-order valence-electron chi connectivity index (χ4n) is 5.04. The lowest BCUT2D eigenvalue weighted by Gasteiger charge is -2.27. The van der Waals surface area contributed by atoms with Crippen molar-refractivity contribution >= 4 is 5.91 Å². The van der Waals surface area contributed by atoms with E-state index < -0.39 is 5.60 Å². The Hall–Kier alpha value is -0.610. The molecule has 0 atom stereocenters. The number of nitrogens with zero attached hydrogens (tertiary/aromatic N) is 1. The fourth-order valence-corrected chi connectivity index (χ4v) is 5.04. The van der Waals surface area contributed by atoms with E-state index in [0.29, 0.717) is 0 Å². The molecule has 0 fully saturated rings. The monoisotopic (exact) mass is 540 g/mol. The van der Waals surface area contributed by atoms with Gasteiger partial charge in [-0.25, -0.2) is 0 Å². The van der Waals surface area contributed by atoms with Crippen LogP contribution in [-0.2, 0) is 9.53 Å². The minimum Gasteiger partial charge on any atom is -0.393 e. The van der Waals surface area contributed by atoms with Crippen LogP contribution in [0.15, 0.2) is 0 Å². The van der Waals surface area contributed by atoms with Crippen LogP contribution in [0.25, 0.3) is 0 Å². The fraction of sp³-hybridized carbons (Fsp3) is 0.971. The van der Waals surface area contributed by atoms with Gasteiger partial charge in [0, 0.05) is 13.1 Å². The maximum Gasteiger partial charge on any atom is 0.248 e. The van der Waals surface area contributed by atoms with Crippen LogP contribution in [0.4, 0.5) is 0 Å². The third-order valence-electron chi connectivity index (χ3n) is 7.88. The third kappa shape index (κ3) is 25.7. The highest BCUT2D eigenvalue weighted by Crippen LogP contribution is 2.15. The van der Waals surface area contributed by atoms with E-state index in [2.05, 4.69) is 13.8 Å². The highest BCUT2D eigenvalue weighted by Gasteiger charge is 2.21. The lowest BCUT2D eigenvalue weighted by Crippen LogP contribution is -2.39. The molecular weight excluding hydrogens is 470 g/mol. The van der Waals surface area contributed by atoms with Crippen LogP contribution >= 0.6 is 0 Å². The molecule has 0 spiro atoms. The molecule has 0 bridgehead atoms. The van der Waals surface area contributed by atoms with Gasteiger partial charge in [-0.1, -0.05) is 155 Å². The first-order valence-electron chi connectivity index (χ1n) is 17.0. The summed E-state index contributed by atoms with van der Waals surface area (Å²) >= 11 is 0. The molecule has 1 amide bonds. The molecule has 0 aromatic rings. The molecule has 38 heavy (non-hydrogen) atoms. The van der Waals surface area contributed by atoms with Crippen molar-refractivity contribution in [3.05, 3.63) is 0 Å². The normalized spacial score (nSPS) is 11.8. The van der Waals surface area contributed by atoms with Crippen molar-refractivity contribution in [2.45, 2.75) is 187 Å². The van der Waals surface area contributed by atoms with Gasteiger partial charge in [0.25, 0.3) is 0 Å². The van der Waals surface area contributed by atoms with Crippen LogP contribution in [0.2, 0.25) is 0 Å². The number of aliphatic hydroxyl groups is 1. The number of rotatable bonds is 30. The number of ether oxygens (including phenoxy) is 1. The Morgan fingerprint density at radius 1 is 0.553 bits per heavy atom. The van der Waals surface area contributed by atoms with Crippen molar-refractivity contribution in [2.75, 3.05) is 26.3 Å². The highest BCUT2D eigenvalue weighted by atomic mass is 16.5. The van der Waals surface area contributed by atoms with Crippen molar-refractivity contribution in [3.63, 3.8) is 0 Å². The molecule has 0 unspecified atom stereocenters. The number of unbranched alkanes of at least 4 members (excludes halogenated alkanes) is 22. The average molecular weight is 540 g/mol. The van der Waals surface area contributed by atoms with Gasteiger partial charge in [0.1, 0.15) is 6.61 Å². The number of hydrogen-bond acceptors (Lipinski definition) is 3. The van der Waals surface area contributed by atoms with E-state index in [-0.39, 0.29) is 19.1 Å². The van der Waals surface area contributed by atoms with Gasteiger partial charge in [-0.2, -0.15) is 0 Å². The van der Waals surface area contributed by atoms with E-state index in [1.54, 1.807) is 0 Å². The zero-order valence-corrected chi connectivity index (χ0v) is 26.5. The highest BCUT2D eigenvalue weighted by molar-refractivity contribution is 5.77. The maximum absolute atomic E-state index is 12.9. The summed E-state index contributed by atoms with van der Waals surface area (Å²) in [6.07, 6.45) is 32.0. The lowest BCUT2D eigenvalue weighted by molar-refractivity contribution is -0.144. The Balaban J connectivity index is 4.03. The smallest absolute Gasteiger partial charge is 0.248 e. The molecule has 228 valence electrons. The molecule has 0 saturated carbocycles. The van der Waals surface area contributed by atoms with E-state index in [1.807, 2.05) is 18.7 Å². The molecule has 0 aliphatic heterocycles. The van der Waals surface area contributed by atoms with E-state index in [0.717, 1.165) is 25.9 Å². The summed E-state index contributed by atoms with van der Waals surface area (Å²) in [6.45, 7) is 9.92. The van der Waals surface area contributed by atoms with Gasteiger partial charge in [0.15, 0.2) is 0 Å². The van der Waals surface area contributed by atoms with Crippen molar-refractivity contribution in [1.29, 1.82) is 0 Å². The van der Waals surface area contributed by atoms with Gasteiger partial charge in [-0.05, 0) is 26.7 Å². The summed E-state index contributed by atoms with van der Waals surface area (Å²) in [4.78, 5) is 14.9. The van der Waals surface area contributed by atoms with Crippen molar-refractivity contribution in [1.82, 2.24) is 4.90 Å². The first kappa shape index (κ1) is 37.4. The standard InChI is InChI=1S/C34H69NO3/c1-5-7-9-11-13-15-17-19-21-23-25-27-29-35(33(37)31-38-34(3,4)32-36)30-28-26-24-22-20-18-16-14-12-10-8-6-2/h36H,5-32H2,1-4H3. The molecule has 0 aromatic carbocycles. The van der Waals surface area contributed by atoms with Crippen molar-refractivity contribution in [2.24, 2.45) is 0 Å². The molecule has 0 heterocycles. The van der Waals surface area contributed by atoms with E-state index in [9.17, 15) is 9.90 Å². The SMILES string of the molecule is CCCCCCCCCCCCCCN(CCCCCCCCCCCCCC)C(=O)COC(C)(C)CO. The van der Waals surface area contributed by atoms with Crippen LogP contribution in [0.5, 0.6) is 0 Å². The number of carbonyl (C=O) groups is 1. The summed E-state index contributed by atoms with van der Waals surface area (Å²) in [7, 11) is 0. The van der Waals surface area contributed by atoms with E-state index in [4.69, 9.17) is 4.74 Å². The van der Waals surface area contributed by atoms with Gasteiger partial charge in [0.2, 0.25) is 5.91 Å². The predicted molar refractivity (Wildman–Crippen MR) is 166 cm³/mol. The van der Waals surface area contributed by atoms with Crippen LogP contribution in [0.1, 0.15) is 182 Å². The molecule has 0 aliphatic carbocycles. The second-order valence-electron chi connectivity index (χ2n) is 12.4.